The normalized spacial score (nSPS) is 11.0. The Balaban J connectivity index is 2.10. The number of benzene rings is 2. The van der Waals surface area contributed by atoms with Crippen molar-refractivity contribution >= 4 is 17.2 Å². The number of nitriles is 2. The van der Waals surface area contributed by atoms with E-state index in [0.717, 1.165) is 11.1 Å². The Labute approximate surface area is 167 Å². The van der Waals surface area contributed by atoms with Crippen LogP contribution in [0.2, 0.25) is 0 Å². The van der Waals surface area contributed by atoms with E-state index in [0.29, 0.717) is 16.7 Å². The number of rotatable bonds is 2. The van der Waals surface area contributed by atoms with Crippen LogP contribution in [-0.2, 0) is 4.74 Å². The van der Waals surface area contributed by atoms with Crippen molar-refractivity contribution in [3.8, 4) is 23.6 Å². The predicted molar refractivity (Wildman–Crippen MR) is 105 cm³/mol. The summed E-state index contributed by atoms with van der Waals surface area (Å²) in [7, 11) is 0. The Morgan fingerprint density at radius 2 is 1.48 bits per heavy atom. The molecule has 146 valence electrons. The fraction of sp³-hybridized carbons (Fsp3) is 0.286. The summed E-state index contributed by atoms with van der Waals surface area (Å²) in [5, 5.41) is 27.2. The molecule has 0 aliphatic heterocycles. The van der Waals surface area contributed by atoms with Crippen LogP contribution in [0.15, 0.2) is 24.3 Å². The van der Waals surface area contributed by atoms with Gasteiger partial charge in [0, 0.05) is 0 Å². The van der Waals surface area contributed by atoms with Crippen molar-refractivity contribution in [1.82, 2.24) is 15.0 Å². The molecule has 0 bridgehead atoms. The van der Waals surface area contributed by atoms with E-state index < -0.39 is 11.8 Å². The van der Waals surface area contributed by atoms with Gasteiger partial charge in [0.1, 0.15) is 34.5 Å². The highest BCUT2D eigenvalue weighted by Gasteiger charge is 2.21. The highest BCUT2D eigenvalue weighted by molar-refractivity contribution is 5.79. The minimum absolute atomic E-state index is 0.220. The minimum Gasteiger partial charge on any atom is -0.428 e. The molecule has 0 saturated heterocycles. The van der Waals surface area contributed by atoms with E-state index in [2.05, 4.69) is 10.2 Å². The Hall–Kier alpha value is -3.91. The van der Waals surface area contributed by atoms with Crippen LogP contribution >= 0.6 is 0 Å². The molecule has 0 saturated carbocycles. The van der Waals surface area contributed by atoms with E-state index in [1.165, 1.54) is 16.9 Å². The van der Waals surface area contributed by atoms with Crippen LogP contribution < -0.4 is 4.74 Å². The van der Waals surface area contributed by atoms with Gasteiger partial charge in [-0.3, -0.25) is 0 Å². The van der Waals surface area contributed by atoms with Crippen molar-refractivity contribution in [1.29, 1.82) is 10.5 Å². The zero-order valence-electron chi connectivity index (χ0n) is 16.8. The van der Waals surface area contributed by atoms with E-state index >= 15 is 0 Å². The van der Waals surface area contributed by atoms with Crippen LogP contribution in [0.4, 0.5) is 4.79 Å². The molecule has 0 unspecified atom stereocenters. The second-order valence-corrected chi connectivity index (χ2v) is 7.57. The third-order valence-electron chi connectivity index (χ3n) is 4.13. The molecule has 0 atom stereocenters. The second kappa shape index (κ2) is 7.25. The fourth-order valence-corrected chi connectivity index (χ4v) is 2.63. The van der Waals surface area contributed by atoms with E-state index in [4.69, 9.17) is 9.47 Å². The van der Waals surface area contributed by atoms with Crippen LogP contribution in [0.1, 0.15) is 43.0 Å². The Morgan fingerprint density at radius 1 is 0.966 bits per heavy atom. The molecular formula is C21H19N5O3. The molecular weight excluding hydrogens is 370 g/mol. The van der Waals surface area contributed by atoms with Gasteiger partial charge in [0.05, 0.1) is 11.1 Å². The minimum atomic E-state index is -0.836. The zero-order valence-corrected chi connectivity index (χ0v) is 16.8. The molecule has 0 amide bonds. The smallest absolute Gasteiger partial charge is 0.428 e. The number of hydrogen-bond donors (Lipinski definition) is 0. The van der Waals surface area contributed by atoms with Crippen LogP contribution in [0.5, 0.6) is 5.75 Å². The second-order valence-electron chi connectivity index (χ2n) is 7.57. The number of ether oxygens (including phenoxy) is 2. The Morgan fingerprint density at radius 3 is 1.97 bits per heavy atom. The molecule has 1 aromatic heterocycles. The molecule has 0 aliphatic rings. The molecule has 0 fully saturated rings. The van der Waals surface area contributed by atoms with Gasteiger partial charge in [-0.25, -0.2) is 4.79 Å². The number of aromatic nitrogens is 3. The van der Waals surface area contributed by atoms with Crippen molar-refractivity contribution in [3.05, 3.63) is 46.5 Å². The number of fused-ring (bicyclic) bond motifs is 1. The highest BCUT2D eigenvalue weighted by Crippen LogP contribution is 2.28. The van der Waals surface area contributed by atoms with Crippen LogP contribution in [0.25, 0.3) is 16.7 Å². The molecule has 0 N–H and O–H groups in total. The average Bonchev–Trinajstić information content (AvgIpc) is 3.04. The monoisotopic (exact) mass is 389 g/mol. The van der Waals surface area contributed by atoms with Gasteiger partial charge in [-0.1, -0.05) is 0 Å². The Kier molecular flexibility index (Phi) is 4.96. The molecule has 2 aromatic carbocycles. The van der Waals surface area contributed by atoms with E-state index in [-0.39, 0.29) is 16.9 Å². The molecule has 1 heterocycles. The summed E-state index contributed by atoms with van der Waals surface area (Å²) in [6.07, 6.45) is -0.836. The zero-order chi connectivity index (χ0) is 21.3. The van der Waals surface area contributed by atoms with Gasteiger partial charge in [0.25, 0.3) is 0 Å². The van der Waals surface area contributed by atoms with Gasteiger partial charge in [-0.05, 0) is 70.0 Å². The van der Waals surface area contributed by atoms with Crippen molar-refractivity contribution in [2.75, 3.05) is 0 Å². The van der Waals surface area contributed by atoms with Crippen molar-refractivity contribution in [3.63, 3.8) is 0 Å². The fourth-order valence-electron chi connectivity index (χ4n) is 2.63. The van der Waals surface area contributed by atoms with Gasteiger partial charge in [0.15, 0.2) is 5.75 Å². The van der Waals surface area contributed by atoms with Gasteiger partial charge < -0.3 is 9.47 Å². The van der Waals surface area contributed by atoms with E-state index in [1.54, 1.807) is 32.9 Å². The third kappa shape index (κ3) is 4.17. The first-order valence-electron chi connectivity index (χ1n) is 8.85. The molecule has 8 nitrogen and oxygen atoms in total. The largest absolute Gasteiger partial charge is 0.514 e. The number of carbonyl (C=O) groups excluding carboxylic acids is 1. The predicted octanol–water partition coefficient (Wildman–Crippen LogP) is 4.09. The molecule has 3 rings (SSSR count). The number of aryl methyl sites for hydroxylation is 2. The van der Waals surface area contributed by atoms with Crippen LogP contribution in [-0.4, -0.2) is 26.8 Å². The summed E-state index contributed by atoms with van der Waals surface area (Å²) in [4.78, 5) is 13.5. The van der Waals surface area contributed by atoms with E-state index in [1.807, 2.05) is 26.0 Å². The molecule has 8 heteroatoms. The first-order valence-corrected chi connectivity index (χ1v) is 8.85. The van der Waals surface area contributed by atoms with Gasteiger partial charge >= 0.3 is 6.16 Å². The lowest BCUT2D eigenvalue weighted by Gasteiger charge is -2.19. The summed E-state index contributed by atoms with van der Waals surface area (Å²) >= 11 is 0. The molecule has 3 aromatic rings. The van der Waals surface area contributed by atoms with Crippen molar-refractivity contribution in [2.24, 2.45) is 0 Å². The molecule has 0 spiro atoms. The van der Waals surface area contributed by atoms with Crippen molar-refractivity contribution in [2.45, 2.75) is 40.2 Å². The molecule has 29 heavy (non-hydrogen) atoms. The summed E-state index contributed by atoms with van der Waals surface area (Å²) in [5.41, 5.74) is 2.94. The van der Waals surface area contributed by atoms with E-state index in [9.17, 15) is 15.3 Å². The lowest BCUT2D eigenvalue weighted by atomic mass is 10.1. The Bertz CT molecular complexity index is 1160. The summed E-state index contributed by atoms with van der Waals surface area (Å²) in [6.45, 7) is 9.05. The third-order valence-corrected chi connectivity index (χ3v) is 4.13. The molecule has 0 radical (unpaired) electrons. The lowest BCUT2D eigenvalue weighted by molar-refractivity contribution is 0.0205. The van der Waals surface area contributed by atoms with Gasteiger partial charge in [0.2, 0.25) is 0 Å². The standard InChI is InChI=1S/C21H19N5O3/c1-12-6-18(19(7-13(12)2)28-20(27)29-21(3,4)5)26-24-16-8-14(10-22)15(11-23)9-17(16)25-26/h6-9H,1-5H3. The quantitative estimate of drug-likeness (QED) is 0.479. The van der Waals surface area contributed by atoms with Gasteiger partial charge in [-0.15, -0.1) is 15.0 Å². The number of hydrogen-bond acceptors (Lipinski definition) is 7. The first-order chi connectivity index (χ1) is 13.6. The maximum Gasteiger partial charge on any atom is 0.514 e. The van der Waals surface area contributed by atoms with Gasteiger partial charge in [-0.2, -0.15) is 10.5 Å². The average molecular weight is 389 g/mol. The first kappa shape index (κ1) is 19.8. The summed E-state index contributed by atoms with van der Waals surface area (Å²) < 4.78 is 10.7. The number of nitrogens with zero attached hydrogens (tertiary/aromatic N) is 5. The summed E-state index contributed by atoms with van der Waals surface area (Å²) in [6, 6.07) is 10.5. The molecule has 0 aliphatic carbocycles. The van der Waals surface area contributed by atoms with Crippen LogP contribution in [0.3, 0.4) is 0 Å². The maximum atomic E-state index is 12.2. The van der Waals surface area contributed by atoms with Crippen molar-refractivity contribution < 1.29 is 14.3 Å². The topological polar surface area (TPSA) is 114 Å². The van der Waals surface area contributed by atoms with Crippen LogP contribution in [0, 0.1) is 36.5 Å². The lowest BCUT2D eigenvalue weighted by Crippen LogP contribution is -2.26. The summed E-state index contributed by atoms with van der Waals surface area (Å²) in [5.74, 6) is 0.240. The highest BCUT2D eigenvalue weighted by atomic mass is 16.7. The number of carbonyl (C=O) groups is 1. The maximum absolute atomic E-state index is 12.2. The SMILES string of the molecule is Cc1cc(OC(=O)OC(C)(C)C)c(-n2nc3cc(C#N)c(C#N)cc3n2)cc1C.